The number of rotatable bonds is 2. The number of nitrogens with zero attached hydrogens (tertiary/aromatic N) is 1. The van der Waals surface area contributed by atoms with E-state index in [4.69, 9.17) is 11.2 Å². The first-order valence-corrected chi connectivity index (χ1v) is 4.92. The summed E-state index contributed by atoms with van der Waals surface area (Å²) >= 11 is 0. The van der Waals surface area contributed by atoms with Gasteiger partial charge >= 0.3 is 0 Å². The molecule has 0 saturated carbocycles. The SMILES string of the molecule is C#CCN(C)C1C[C@@H](C)O[C@@H](C)C1. The van der Waals surface area contributed by atoms with Gasteiger partial charge in [0.1, 0.15) is 0 Å². The predicted octanol–water partition coefficient (Wildman–Crippen LogP) is 1.51. The molecule has 0 amide bonds. The van der Waals surface area contributed by atoms with Crippen LogP contribution in [0.1, 0.15) is 26.7 Å². The van der Waals surface area contributed by atoms with E-state index < -0.39 is 0 Å². The second kappa shape index (κ2) is 4.64. The van der Waals surface area contributed by atoms with Crippen LogP contribution in [-0.2, 0) is 4.74 Å². The summed E-state index contributed by atoms with van der Waals surface area (Å²) in [6.45, 7) is 5.00. The van der Waals surface area contributed by atoms with Crippen molar-refractivity contribution in [2.75, 3.05) is 13.6 Å². The van der Waals surface area contributed by atoms with E-state index in [1.807, 2.05) is 0 Å². The van der Waals surface area contributed by atoms with Gasteiger partial charge in [-0.3, -0.25) is 4.90 Å². The summed E-state index contributed by atoms with van der Waals surface area (Å²) in [5.41, 5.74) is 0. The lowest BCUT2D eigenvalue weighted by molar-refractivity contribution is -0.0594. The highest BCUT2D eigenvalue weighted by molar-refractivity contribution is 4.90. The van der Waals surface area contributed by atoms with Crippen LogP contribution in [0.5, 0.6) is 0 Å². The van der Waals surface area contributed by atoms with Gasteiger partial charge in [0.05, 0.1) is 18.8 Å². The molecule has 0 bridgehead atoms. The lowest BCUT2D eigenvalue weighted by Crippen LogP contribution is -2.42. The van der Waals surface area contributed by atoms with Gasteiger partial charge in [-0.1, -0.05) is 5.92 Å². The summed E-state index contributed by atoms with van der Waals surface area (Å²) in [6.07, 6.45) is 8.22. The van der Waals surface area contributed by atoms with Crippen LogP contribution in [0, 0.1) is 12.3 Å². The molecule has 2 nitrogen and oxygen atoms in total. The van der Waals surface area contributed by atoms with Crippen LogP contribution in [0.4, 0.5) is 0 Å². The largest absolute Gasteiger partial charge is 0.375 e. The average Bonchev–Trinajstić information content (AvgIpc) is 2.03. The van der Waals surface area contributed by atoms with Crippen molar-refractivity contribution in [2.24, 2.45) is 0 Å². The minimum atomic E-state index is 0.369. The van der Waals surface area contributed by atoms with E-state index in [0.717, 1.165) is 19.4 Å². The first-order valence-electron chi connectivity index (χ1n) is 4.92. The van der Waals surface area contributed by atoms with E-state index in [1.54, 1.807) is 0 Å². The third-order valence-corrected chi connectivity index (χ3v) is 2.64. The highest BCUT2D eigenvalue weighted by Crippen LogP contribution is 2.22. The fourth-order valence-electron chi connectivity index (χ4n) is 2.00. The van der Waals surface area contributed by atoms with E-state index in [1.165, 1.54) is 0 Å². The second-order valence-corrected chi connectivity index (χ2v) is 4.00. The number of hydrogen-bond acceptors (Lipinski definition) is 2. The van der Waals surface area contributed by atoms with Crippen molar-refractivity contribution in [3.63, 3.8) is 0 Å². The van der Waals surface area contributed by atoms with Crippen LogP contribution in [0.2, 0.25) is 0 Å². The van der Waals surface area contributed by atoms with Crippen LogP contribution in [0.15, 0.2) is 0 Å². The molecule has 0 spiro atoms. The maximum absolute atomic E-state index is 5.67. The van der Waals surface area contributed by atoms with Crippen molar-refractivity contribution in [1.29, 1.82) is 0 Å². The van der Waals surface area contributed by atoms with E-state index in [2.05, 4.69) is 31.7 Å². The lowest BCUT2D eigenvalue weighted by atomic mass is 9.99. The van der Waals surface area contributed by atoms with Gasteiger partial charge in [0.2, 0.25) is 0 Å². The van der Waals surface area contributed by atoms with Gasteiger partial charge in [0.25, 0.3) is 0 Å². The van der Waals surface area contributed by atoms with E-state index >= 15 is 0 Å². The minimum Gasteiger partial charge on any atom is -0.375 e. The van der Waals surface area contributed by atoms with E-state index in [0.29, 0.717) is 18.2 Å². The topological polar surface area (TPSA) is 12.5 Å². The summed E-state index contributed by atoms with van der Waals surface area (Å²) < 4.78 is 5.67. The van der Waals surface area contributed by atoms with Crippen LogP contribution < -0.4 is 0 Å². The molecule has 1 unspecified atom stereocenters. The van der Waals surface area contributed by atoms with Crippen LogP contribution in [-0.4, -0.2) is 36.7 Å². The summed E-state index contributed by atoms with van der Waals surface area (Å²) in [7, 11) is 2.09. The third kappa shape index (κ3) is 3.02. The number of terminal acetylenes is 1. The van der Waals surface area contributed by atoms with Gasteiger partial charge < -0.3 is 4.74 Å². The van der Waals surface area contributed by atoms with Gasteiger partial charge in [-0.25, -0.2) is 0 Å². The van der Waals surface area contributed by atoms with Crippen molar-refractivity contribution >= 4 is 0 Å². The lowest BCUT2D eigenvalue weighted by Gasteiger charge is -2.36. The molecule has 1 aliphatic heterocycles. The molecule has 0 radical (unpaired) electrons. The molecule has 1 aliphatic rings. The molecule has 74 valence electrons. The van der Waals surface area contributed by atoms with Gasteiger partial charge in [-0.2, -0.15) is 0 Å². The number of hydrogen-bond donors (Lipinski definition) is 0. The highest BCUT2D eigenvalue weighted by Gasteiger charge is 2.26. The Morgan fingerprint density at radius 2 is 1.92 bits per heavy atom. The molecule has 3 atom stereocenters. The molecular formula is C11H19NO. The second-order valence-electron chi connectivity index (χ2n) is 4.00. The maximum atomic E-state index is 5.67. The van der Waals surface area contributed by atoms with Crippen molar-refractivity contribution in [1.82, 2.24) is 4.90 Å². The molecule has 1 saturated heterocycles. The number of ether oxygens (including phenoxy) is 1. The smallest absolute Gasteiger partial charge is 0.0598 e. The van der Waals surface area contributed by atoms with E-state index in [-0.39, 0.29) is 0 Å². The first-order chi connectivity index (χ1) is 6.13. The zero-order chi connectivity index (χ0) is 9.84. The van der Waals surface area contributed by atoms with Crippen LogP contribution >= 0.6 is 0 Å². The normalized spacial score (nSPS) is 34.5. The first kappa shape index (κ1) is 10.6. The zero-order valence-electron chi connectivity index (χ0n) is 8.79. The van der Waals surface area contributed by atoms with Gasteiger partial charge in [0.15, 0.2) is 0 Å². The van der Waals surface area contributed by atoms with Crippen molar-refractivity contribution in [3.05, 3.63) is 0 Å². The Bertz CT molecular complexity index is 187. The Balaban J connectivity index is 2.45. The summed E-state index contributed by atoms with van der Waals surface area (Å²) in [4.78, 5) is 2.25. The summed E-state index contributed by atoms with van der Waals surface area (Å²) in [5, 5.41) is 0. The van der Waals surface area contributed by atoms with Gasteiger partial charge in [0, 0.05) is 6.04 Å². The fourth-order valence-corrected chi connectivity index (χ4v) is 2.00. The molecule has 1 heterocycles. The predicted molar refractivity (Wildman–Crippen MR) is 54.5 cm³/mol. The average molecular weight is 181 g/mol. The molecule has 13 heavy (non-hydrogen) atoms. The quantitative estimate of drug-likeness (QED) is 0.599. The Morgan fingerprint density at radius 1 is 1.38 bits per heavy atom. The Labute approximate surface area is 81.3 Å². The molecule has 0 aromatic rings. The Kier molecular flexibility index (Phi) is 3.77. The molecule has 1 rings (SSSR count). The minimum absolute atomic E-state index is 0.369. The van der Waals surface area contributed by atoms with Crippen LogP contribution in [0.25, 0.3) is 0 Å². The molecule has 0 aliphatic carbocycles. The van der Waals surface area contributed by atoms with Crippen molar-refractivity contribution in [2.45, 2.75) is 44.9 Å². The third-order valence-electron chi connectivity index (χ3n) is 2.64. The summed E-state index contributed by atoms with van der Waals surface area (Å²) in [5.74, 6) is 2.68. The fraction of sp³-hybridized carbons (Fsp3) is 0.818. The molecule has 2 heteroatoms. The Hall–Kier alpha value is -0.520. The van der Waals surface area contributed by atoms with Crippen molar-refractivity contribution in [3.8, 4) is 12.3 Å². The molecule has 1 fully saturated rings. The monoisotopic (exact) mass is 181 g/mol. The van der Waals surface area contributed by atoms with Gasteiger partial charge in [-0.15, -0.1) is 6.42 Å². The molecular weight excluding hydrogens is 162 g/mol. The van der Waals surface area contributed by atoms with Gasteiger partial charge in [-0.05, 0) is 33.7 Å². The Morgan fingerprint density at radius 3 is 2.38 bits per heavy atom. The van der Waals surface area contributed by atoms with Crippen molar-refractivity contribution < 1.29 is 4.74 Å². The molecule has 0 N–H and O–H groups in total. The standard InChI is InChI=1S/C11H19NO/c1-5-6-12(4)11-7-9(2)13-10(3)8-11/h1,9-11H,6-8H2,2-4H3/t9-,10+,11?. The highest BCUT2D eigenvalue weighted by atomic mass is 16.5. The summed E-state index contributed by atoms with van der Waals surface area (Å²) in [6, 6.07) is 0.592. The zero-order valence-corrected chi connectivity index (χ0v) is 8.79. The van der Waals surface area contributed by atoms with Crippen LogP contribution in [0.3, 0.4) is 0 Å². The van der Waals surface area contributed by atoms with E-state index in [9.17, 15) is 0 Å². The molecule has 0 aromatic carbocycles. The molecule has 0 aromatic heterocycles. The maximum Gasteiger partial charge on any atom is 0.0598 e.